The molecule has 0 spiro atoms. The van der Waals surface area contributed by atoms with Crippen molar-refractivity contribution in [1.82, 2.24) is 0 Å². The number of anilines is 1. The van der Waals surface area contributed by atoms with Gasteiger partial charge in [0.05, 0.1) is 0 Å². The molecule has 0 aliphatic rings. The van der Waals surface area contributed by atoms with Crippen LogP contribution in [0.15, 0.2) is 18.2 Å². The Labute approximate surface area is 116 Å². The first-order chi connectivity index (χ1) is 8.81. The lowest BCUT2D eigenvalue weighted by Gasteiger charge is -2.31. The van der Waals surface area contributed by atoms with Gasteiger partial charge in [0.15, 0.2) is 0 Å². The molecule has 0 unspecified atom stereocenters. The van der Waals surface area contributed by atoms with Crippen LogP contribution in [0.2, 0.25) is 0 Å². The van der Waals surface area contributed by atoms with E-state index in [9.17, 15) is 4.39 Å². The zero-order valence-electron chi connectivity index (χ0n) is 12.8. The second-order valence-electron chi connectivity index (χ2n) is 6.18. The molecule has 2 N–H and O–H groups in total. The second kappa shape index (κ2) is 6.90. The average Bonchev–Trinajstić information content (AvgIpc) is 2.26. The lowest BCUT2D eigenvalue weighted by atomic mass is 10.0. The van der Waals surface area contributed by atoms with Gasteiger partial charge in [-0.15, -0.1) is 0 Å². The molecule has 1 aromatic rings. The molecule has 0 radical (unpaired) electrons. The van der Waals surface area contributed by atoms with Crippen LogP contribution < -0.4 is 10.6 Å². The minimum atomic E-state index is -0.218. The number of hydrogen-bond acceptors (Lipinski definition) is 2. The fourth-order valence-corrected chi connectivity index (χ4v) is 2.33. The third-order valence-electron chi connectivity index (χ3n) is 2.99. The van der Waals surface area contributed by atoms with E-state index < -0.39 is 0 Å². The van der Waals surface area contributed by atoms with Crippen LogP contribution in [0.5, 0.6) is 0 Å². The number of nitrogens with zero attached hydrogens (tertiary/aromatic N) is 1. The summed E-state index contributed by atoms with van der Waals surface area (Å²) in [5.74, 6) is 0.902. The van der Waals surface area contributed by atoms with E-state index in [4.69, 9.17) is 5.73 Å². The van der Waals surface area contributed by atoms with E-state index in [1.807, 2.05) is 13.0 Å². The van der Waals surface area contributed by atoms with Crippen molar-refractivity contribution in [3.05, 3.63) is 29.6 Å². The third-order valence-corrected chi connectivity index (χ3v) is 2.99. The van der Waals surface area contributed by atoms with Crippen molar-refractivity contribution >= 4 is 5.69 Å². The number of nitrogens with two attached hydrogens (primary N) is 1. The van der Waals surface area contributed by atoms with Crippen molar-refractivity contribution in [1.29, 1.82) is 0 Å². The van der Waals surface area contributed by atoms with E-state index in [0.717, 1.165) is 24.3 Å². The van der Waals surface area contributed by atoms with Crippen LogP contribution in [0.1, 0.15) is 46.2 Å². The Morgan fingerprint density at radius 1 is 1.05 bits per heavy atom. The molecule has 1 rings (SSSR count). The third kappa shape index (κ3) is 4.83. The van der Waals surface area contributed by atoms with E-state index >= 15 is 0 Å². The maximum atomic E-state index is 13.4. The molecule has 1 atom stereocenters. The SMILES string of the molecule is CC(C)CN(CC(C)C)c1ccc(F)cc1[C@H](C)N. The predicted molar refractivity (Wildman–Crippen MR) is 80.9 cm³/mol. The Hall–Kier alpha value is -1.09. The molecule has 3 heteroatoms. The Morgan fingerprint density at radius 3 is 2.00 bits per heavy atom. The maximum absolute atomic E-state index is 13.4. The Balaban J connectivity index is 3.13. The number of benzene rings is 1. The zero-order chi connectivity index (χ0) is 14.6. The van der Waals surface area contributed by atoms with Crippen molar-refractivity contribution in [2.75, 3.05) is 18.0 Å². The summed E-state index contributed by atoms with van der Waals surface area (Å²) >= 11 is 0. The summed E-state index contributed by atoms with van der Waals surface area (Å²) in [7, 11) is 0. The molecular weight excluding hydrogens is 239 g/mol. The fourth-order valence-electron chi connectivity index (χ4n) is 2.33. The molecule has 0 aliphatic carbocycles. The number of halogens is 1. The minimum absolute atomic E-state index is 0.160. The lowest BCUT2D eigenvalue weighted by molar-refractivity contribution is 0.549. The van der Waals surface area contributed by atoms with Crippen LogP contribution in [0.3, 0.4) is 0 Å². The van der Waals surface area contributed by atoms with Crippen molar-refractivity contribution in [3.8, 4) is 0 Å². The largest absolute Gasteiger partial charge is 0.371 e. The van der Waals surface area contributed by atoms with Crippen molar-refractivity contribution in [2.24, 2.45) is 17.6 Å². The lowest BCUT2D eigenvalue weighted by Crippen LogP contribution is -2.32. The number of hydrogen-bond donors (Lipinski definition) is 1. The minimum Gasteiger partial charge on any atom is -0.371 e. The summed E-state index contributed by atoms with van der Waals surface area (Å²) in [5, 5.41) is 0. The van der Waals surface area contributed by atoms with Crippen molar-refractivity contribution in [2.45, 2.75) is 40.7 Å². The van der Waals surface area contributed by atoms with Gasteiger partial charge in [0.1, 0.15) is 5.82 Å². The molecule has 1 aromatic carbocycles. The molecule has 0 saturated heterocycles. The Morgan fingerprint density at radius 2 is 1.58 bits per heavy atom. The molecule has 0 aromatic heterocycles. The monoisotopic (exact) mass is 266 g/mol. The van der Waals surface area contributed by atoms with E-state index in [1.54, 1.807) is 6.07 Å². The molecule has 0 fully saturated rings. The highest BCUT2D eigenvalue weighted by Gasteiger charge is 2.16. The van der Waals surface area contributed by atoms with E-state index in [-0.39, 0.29) is 11.9 Å². The van der Waals surface area contributed by atoms with Gasteiger partial charge in [0, 0.05) is 24.8 Å². The van der Waals surface area contributed by atoms with E-state index in [1.165, 1.54) is 6.07 Å². The summed E-state index contributed by atoms with van der Waals surface area (Å²) in [4.78, 5) is 2.33. The Bertz CT molecular complexity index is 390. The van der Waals surface area contributed by atoms with Crippen molar-refractivity contribution in [3.63, 3.8) is 0 Å². The first kappa shape index (κ1) is 16.0. The van der Waals surface area contributed by atoms with Gasteiger partial charge in [-0.1, -0.05) is 27.7 Å². The van der Waals surface area contributed by atoms with E-state index in [2.05, 4.69) is 32.6 Å². The van der Waals surface area contributed by atoms with Crippen LogP contribution in [0.4, 0.5) is 10.1 Å². The van der Waals surface area contributed by atoms with E-state index in [0.29, 0.717) is 11.8 Å². The van der Waals surface area contributed by atoms with Gasteiger partial charge in [-0.25, -0.2) is 4.39 Å². The smallest absolute Gasteiger partial charge is 0.123 e. The Kier molecular flexibility index (Phi) is 5.80. The maximum Gasteiger partial charge on any atom is 0.123 e. The molecule has 0 bridgehead atoms. The normalized spacial score (nSPS) is 13.1. The molecule has 108 valence electrons. The van der Waals surface area contributed by atoms with Crippen LogP contribution in [-0.4, -0.2) is 13.1 Å². The fraction of sp³-hybridized carbons (Fsp3) is 0.625. The van der Waals surface area contributed by atoms with Gasteiger partial charge in [0.2, 0.25) is 0 Å². The first-order valence-electron chi connectivity index (χ1n) is 7.11. The highest BCUT2D eigenvalue weighted by Crippen LogP contribution is 2.27. The quantitative estimate of drug-likeness (QED) is 0.844. The second-order valence-corrected chi connectivity index (χ2v) is 6.18. The molecule has 0 heterocycles. The summed E-state index contributed by atoms with van der Waals surface area (Å²) in [6, 6.07) is 4.79. The molecule has 19 heavy (non-hydrogen) atoms. The topological polar surface area (TPSA) is 29.3 Å². The first-order valence-corrected chi connectivity index (χ1v) is 7.11. The van der Waals surface area contributed by atoms with Gasteiger partial charge in [-0.05, 0) is 42.5 Å². The van der Waals surface area contributed by atoms with Gasteiger partial charge in [-0.2, -0.15) is 0 Å². The average molecular weight is 266 g/mol. The van der Waals surface area contributed by atoms with Crippen LogP contribution in [-0.2, 0) is 0 Å². The summed E-state index contributed by atoms with van der Waals surface area (Å²) in [6.45, 7) is 12.6. The summed E-state index contributed by atoms with van der Waals surface area (Å²) < 4.78 is 13.4. The summed E-state index contributed by atoms with van der Waals surface area (Å²) in [6.07, 6.45) is 0. The zero-order valence-corrected chi connectivity index (χ0v) is 12.8. The van der Waals surface area contributed by atoms with Gasteiger partial charge >= 0.3 is 0 Å². The standard InChI is InChI=1S/C16H27FN2/c1-11(2)9-19(10-12(3)4)16-7-6-14(17)8-15(16)13(5)18/h6-8,11-13H,9-10,18H2,1-5H3/t13-/m0/s1. The summed E-state index contributed by atoms with van der Waals surface area (Å²) in [5.41, 5.74) is 7.95. The molecule has 2 nitrogen and oxygen atoms in total. The van der Waals surface area contributed by atoms with Crippen LogP contribution >= 0.6 is 0 Å². The molecule has 0 aliphatic heterocycles. The van der Waals surface area contributed by atoms with Gasteiger partial charge < -0.3 is 10.6 Å². The van der Waals surface area contributed by atoms with Crippen molar-refractivity contribution < 1.29 is 4.39 Å². The highest BCUT2D eigenvalue weighted by molar-refractivity contribution is 5.55. The molecule has 0 amide bonds. The molecular formula is C16H27FN2. The van der Waals surface area contributed by atoms with Gasteiger partial charge in [-0.3, -0.25) is 0 Å². The molecule has 0 saturated carbocycles. The highest BCUT2D eigenvalue weighted by atomic mass is 19.1. The predicted octanol–water partition coefficient (Wildman–Crippen LogP) is 3.96. The van der Waals surface area contributed by atoms with Crippen LogP contribution in [0.25, 0.3) is 0 Å². The number of rotatable bonds is 6. The van der Waals surface area contributed by atoms with Crippen LogP contribution in [0, 0.1) is 17.7 Å². The van der Waals surface area contributed by atoms with Gasteiger partial charge in [0.25, 0.3) is 0 Å².